The Morgan fingerprint density at radius 1 is 0.812 bits per heavy atom. The van der Waals surface area contributed by atoms with Gasteiger partial charge in [-0.15, -0.1) is 0 Å². The highest BCUT2D eigenvalue weighted by molar-refractivity contribution is 7.95. The zero-order valence-corrected chi connectivity index (χ0v) is 37.5. The summed E-state index contributed by atoms with van der Waals surface area (Å²) >= 11 is 0.591. The van der Waals surface area contributed by atoms with Crippen LogP contribution in [0.4, 0.5) is 0 Å². The number of unbranched alkanes of at least 4 members (excludes halogenated alkanes) is 1. The highest BCUT2D eigenvalue weighted by atomic mass is 32.2. The van der Waals surface area contributed by atoms with Crippen LogP contribution in [0.2, 0.25) is 0 Å². The number of amides is 5. The molecule has 5 amide bonds. The van der Waals surface area contributed by atoms with Crippen LogP contribution in [-0.2, 0) is 32.0 Å². The van der Waals surface area contributed by atoms with E-state index in [9.17, 15) is 24.0 Å². The summed E-state index contributed by atoms with van der Waals surface area (Å²) in [6, 6.07) is 21.2. The third-order valence-corrected chi connectivity index (χ3v) is 11.2. The lowest BCUT2D eigenvalue weighted by molar-refractivity contribution is -0.141. The zero-order valence-electron chi connectivity index (χ0n) is 36.7. The van der Waals surface area contributed by atoms with Crippen molar-refractivity contribution >= 4 is 41.7 Å². The number of aryl methyl sites for hydroxylation is 1. The van der Waals surface area contributed by atoms with Crippen molar-refractivity contribution in [3.05, 3.63) is 107 Å². The minimum Gasteiger partial charge on any atom is -0.492 e. The van der Waals surface area contributed by atoms with Gasteiger partial charge in [-0.25, -0.2) is 0 Å². The van der Waals surface area contributed by atoms with Crippen molar-refractivity contribution in [2.24, 2.45) is 22.3 Å². The number of carbonyl (C=O) groups is 5. The van der Waals surface area contributed by atoms with E-state index >= 15 is 0 Å². The first-order valence-corrected chi connectivity index (χ1v) is 22.5. The predicted octanol–water partition coefficient (Wildman–Crippen LogP) is 3.26. The molecule has 0 saturated carbocycles. The lowest BCUT2D eigenvalue weighted by atomic mass is 9.93. The van der Waals surface area contributed by atoms with Crippen LogP contribution in [0.1, 0.15) is 72.6 Å². The first-order valence-electron chi connectivity index (χ1n) is 21.6. The lowest BCUT2D eigenvalue weighted by Gasteiger charge is -2.32. The molecule has 0 fully saturated rings. The Labute approximate surface area is 379 Å². The second kappa shape index (κ2) is 24.2. The maximum absolute atomic E-state index is 14.7. The van der Waals surface area contributed by atoms with Crippen molar-refractivity contribution in [3.63, 3.8) is 0 Å². The molecule has 5 rings (SSSR count). The van der Waals surface area contributed by atoms with Crippen molar-refractivity contribution in [1.29, 1.82) is 0 Å². The number of carbonyl (C=O) groups excluding carboxylic acids is 5. The molecule has 16 nitrogen and oxygen atoms in total. The van der Waals surface area contributed by atoms with Crippen LogP contribution in [0.25, 0.3) is 22.3 Å². The molecule has 0 unspecified atom stereocenters. The minimum atomic E-state index is -1.35. The molecule has 4 aromatic rings. The molecule has 0 aliphatic carbocycles. The fourth-order valence-electron chi connectivity index (χ4n) is 7.46. The van der Waals surface area contributed by atoms with E-state index in [0.717, 1.165) is 30.4 Å². The monoisotopic (exact) mass is 895 g/mol. The normalized spacial score (nSPS) is 16.6. The molecule has 0 spiro atoms. The summed E-state index contributed by atoms with van der Waals surface area (Å²) < 4.78 is 14.7. The van der Waals surface area contributed by atoms with Crippen LogP contribution in [0, 0.1) is 0 Å². The first-order chi connectivity index (χ1) is 30.9. The van der Waals surface area contributed by atoms with E-state index < -0.39 is 53.7 Å². The van der Waals surface area contributed by atoms with E-state index in [4.69, 9.17) is 31.8 Å². The van der Waals surface area contributed by atoms with E-state index in [2.05, 4.69) is 51.9 Å². The topological polar surface area (TPSA) is 259 Å². The van der Waals surface area contributed by atoms with E-state index in [1.807, 2.05) is 12.1 Å². The quantitative estimate of drug-likeness (QED) is 0.0632. The van der Waals surface area contributed by atoms with E-state index in [1.165, 1.54) is 24.4 Å². The van der Waals surface area contributed by atoms with Crippen molar-refractivity contribution in [3.8, 4) is 33.8 Å². The highest BCUT2D eigenvalue weighted by Crippen LogP contribution is 2.40. The highest BCUT2D eigenvalue weighted by Gasteiger charge is 2.36. The summed E-state index contributed by atoms with van der Waals surface area (Å²) in [5.74, 6) is -2.15. The Morgan fingerprint density at radius 3 is 2.05 bits per heavy atom. The molecule has 1 aliphatic heterocycles. The van der Waals surface area contributed by atoms with Gasteiger partial charge in [0.1, 0.15) is 48.9 Å². The van der Waals surface area contributed by atoms with Crippen LogP contribution in [0.15, 0.2) is 84.9 Å². The van der Waals surface area contributed by atoms with Gasteiger partial charge in [-0.2, -0.15) is 0 Å². The number of nitrogens with two attached hydrogens (primary N) is 4. The van der Waals surface area contributed by atoms with Crippen molar-refractivity contribution < 1.29 is 33.4 Å². The summed E-state index contributed by atoms with van der Waals surface area (Å²) in [7, 11) is 1.46. The van der Waals surface area contributed by atoms with Gasteiger partial charge in [0.25, 0.3) is 11.8 Å². The maximum Gasteiger partial charge on any atom is 0.253 e. The molecule has 17 heteroatoms. The van der Waals surface area contributed by atoms with Gasteiger partial charge in [0.05, 0.1) is 0 Å². The molecule has 4 aromatic carbocycles. The first kappa shape index (κ1) is 49.0. The molecule has 4 bridgehead atoms. The Bertz CT molecular complexity index is 2230. The molecule has 342 valence electrons. The fourth-order valence-corrected chi connectivity index (χ4v) is 7.72. The number of fused-ring (bicyclic) bond motifs is 5. The fraction of sp³-hybridized carbons (Fsp3) is 0.383. The molecule has 64 heavy (non-hydrogen) atoms. The SMILES string of the molecule is CCCCc1ccc(-c2ccc(C(=O)N[C@@H](CCCN)C(=O)N(C)[C@@H]3C(=O)N[C@@H](C)C(=O)N[C@H](C(=O)NSN)Cc4ccc(OCCN)c(c4)-c4cc3ccc4OCCN)cc2)cc1. The summed E-state index contributed by atoms with van der Waals surface area (Å²) in [5, 5.41) is 13.9. The number of rotatable bonds is 19. The minimum absolute atomic E-state index is 0.0501. The number of nitrogens with zero attached hydrogens (tertiary/aromatic N) is 1. The largest absolute Gasteiger partial charge is 0.492 e. The molecule has 12 N–H and O–H groups in total. The molecule has 0 aromatic heterocycles. The lowest BCUT2D eigenvalue weighted by Crippen LogP contribution is -2.55. The van der Waals surface area contributed by atoms with Crippen LogP contribution >= 0.6 is 12.1 Å². The standard InChI is InChI=1S/C47H61N9O7S/c1-4-5-7-30-9-12-32(13-10-30)33-14-16-34(17-15-33)44(58)53-38(8-6-21-48)47(61)56(3)42-35-18-20-41(63-25-23-50)37(28-35)36-26-31(11-19-40(36)62-24-22-49)27-39(45(59)55-64-51)54-43(57)29(2)52-46(42)60/h9-20,26,28-29,38-39,42H,4-8,21-25,27,48-51H2,1-3H3,(H,52,60)(H,53,58)(H,54,57)(H,55,59)/t29-,38-,39-,42-/m0/s1. The van der Waals surface area contributed by atoms with E-state index in [1.54, 1.807) is 48.5 Å². The molecular weight excluding hydrogens is 835 g/mol. The molecule has 0 radical (unpaired) electrons. The van der Waals surface area contributed by atoms with Crippen molar-refractivity contribution in [1.82, 2.24) is 25.6 Å². The average molecular weight is 896 g/mol. The Balaban J connectivity index is 1.54. The van der Waals surface area contributed by atoms with Gasteiger partial charge in [-0.3, -0.25) is 33.8 Å². The van der Waals surface area contributed by atoms with Crippen LogP contribution < -0.4 is 52.5 Å². The van der Waals surface area contributed by atoms with Crippen LogP contribution in [0.3, 0.4) is 0 Å². The number of hydrogen-bond acceptors (Lipinski definition) is 12. The summed E-state index contributed by atoms with van der Waals surface area (Å²) in [4.78, 5) is 71.2. The Morgan fingerprint density at radius 2 is 1.44 bits per heavy atom. The van der Waals surface area contributed by atoms with Gasteiger partial charge >= 0.3 is 0 Å². The second-order valence-corrected chi connectivity index (χ2v) is 16.1. The van der Waals surface area contributed by atoms with Gasteiger partial charge in [-0.05, 0) is 103 Å². The predicted molar refractivity (Wildman–Crippen MR) is 250 cm³/mol. The van der Waals surface area contributed by atoms with Gasteiger partial charge in [0, 0.05) is 55.4 Å². The third-order valence-electron chi connectivity index (χ3n) is 10.9. The summed E-state index contributed by atoms with van der Waals surface area (Å²) in [6.45, 7) is 4.65. The van der Waals surface area contributed by atoms with E-state index in [-0.39, 0.29) is 45.7 Å². The second-order valence-electron chi connectivity index (χ2n) is 15.6. The summed E-state index contributed by atoms with van der Waals surface area (Å²) in [5.41, 5.74) is 23.2. The van der Waals surface area contributed by atoms with Gasteiger partial charge in [-0.1, -0.05) is 61.9 Å². The smallest absolute Gasteiger partial charge is 0.253 e. The molecule has 4 atom stereocenters. The maximum atomic E-state index is 14.7. The van der Waals surface area contributed by atoms with Crippen LogP contribution in [0.5, 0.6) is 11.5 Å². The van der Waals surface area contributed by atoms with Gasteiger partial charge < -0.3 is 47.5 Å². The average Bonchev–Trinajstić information content (AvgIpc) is 3.30. The van der Waals surface area contributed by atoms with E-state index in [0.29, 0.717) is 57.9 Å². The summed E-state index contributed by atoms with van der Waals surface area (Å²) in [6.07, 6.45) is 3.89. The number of hydrogen-bond donors (Lipinski definition) is 8. The molecule has 1 heterocycles. The zero-order chi connectivity index (χ0) is 46.2. The molecule has 1 aliphatic rings. The molecule has 0 saturated heterocycles. The van der Waals surface area contributed by atoms with Gasteiger partial charge in [0.2, 0.25) is 17.7 Å². The number of likely N-dealkylation sites (N-methyl/N-ethyl adjacent to an activating group) is 1. The number of nitrogens with one attached hydrogen (secondary N) is 4. The number of benzene rings is 4. The molecular formula is C47H61N9O7S. The van der Waals surface area contributed by atoms with Gasteiger partial charge in [0.15, 0.2) is 0 Å². The van der Waals surface area contributed by atoms with Crippen LogP contribution in [-0.4, -0.2) is 92.5 Å². The number of ether oxygens (including phenoxy) is 2. The Hall–Kier alpha value is -5.98. The van der Waals surface area contributed by atoms with Crippen molar-refractivity contribution in [2.45, 2.75) is 76.5 Å². The Kier molecular flexibility index (Phi) is 18.5. The third kappa shape index (κ3) is 12.8. The van der Waals surface area contributed by atoms with Crippen molar-refractivity contribution in [2.75, 3.05) is 39.9 Å².